The van der Waals surface area contributed by atoms with Gasteiger partial charge in [0, 0.05) is 44.3 Å². The third-order valence-electron chi connectivity index (χ3n) is 5.73. The van der Waals surface area contributed by atoms with Crippen molar-refractivity contribution in [2.45, 2.75) is 38.4 Å². The van der Waals surface area contributed by atoms with E-state index in [4.69, 9.17) is 4.74 Å². The predicted octanol–water partition coefficient (Wildman–Crippen LogP) is 1.90. The lowest BCUT2D eigenvalue weighted by atomic mass is 9.58. The molecule has 1 aromatic carbocycles. The zero-order valence-corrected chi connectivity index (χ0v) is 14.6. The third kappa shape index (κ3) is 3.15. The van der Waals surface area contributed by atoms with Crippen molar-refractivity contribution in [3.63, 3.8) is 0 Å². The molecular formula is C19H28N2O3. The van der Waals surface area contributed by atoms with E-state index in [1.54, 1.807) is 0 Å². The molecule has 132 valence electrons. The molecule has 2 aliphatic rings. The standard InChI is InChI=1S/C19H28N2O3/c1-3-24-17-13-16(22)19(17)9-11-21(12-10-19)18(23)14-20(2)15-7-5-4-6-8-15/h4-8,16-17,22H,3,9-14H2,1-2H3. The Labute approximate surface area is 144 Å². The number of hydrogen-bond acceptors (Lipinski definition) is 4. The van der Waals surface area contributed by atoms with Gasteiger partial charge in [0.05, 0.1) is 18.8 Å². The summed E-state index contributed by atoms with van der Waals surface area (Å²) >= 11 is 0. The number of amides is 1. The first-order chi connectivity index (χ1) is 11.6. The molecule has 1 N–H and O–H groups in total. The Morgan fingerprint density at radius 1 is 1.33 bits per heavy atom. The van der Waals surface area contributed by atoms with Gasteiger partial charge in [0.1, 0.15) is 0 Å². The Balaban J connectivity index is 1.54. The number of aliphatic hydroxyl groups is 1. The van der Waals surface area contributed by atoms with E-state index in [0.29, 0.717) is 26.2 Å². The highest BCUT2D eigenvalue weighted by Gasteiger charge is 2.56. The van der Waals surface area contributed by atoms with E-state index in [-0.39, 0.29) is 23.5 Å². The molecule has 5 heteroatoms. The first-order valence-electron chi connectivity index (χ1n) is 8.90. The van der Waals surface area contributed by atoms with Gasteiger partial charge in [-0.05, 0) is 31.9 Å². The van der Waals surface area contributed by atoms with Gasteiger partial charge in [0.25, 0.3) is 0 Å². The fourth-order valence-corrected chi connectivity index (χ4v) is 4.07. The number of para-hydroxylation sites is 1. The second-order valence-electron chi connectivity index (χ2n) is 7.00. The number of nitrogens with zero attached hydrogens (tertiary/aromatic N) is 2. The smallest absolute Gasteiger partial charge is 0.242 e. The van der Waals surface area contributed by atoms with Crippen LogP contribution < -0.4 is 4.90 Å². The number of carbonyl (C=O) groups is 1. The van der Waals surface area contributed by atoms with Gasteiger partial charge in [0.15, 0.2) is 0 Å². The minimum Gasteiger partial charge on any atom is -0.392 e. The van der Waals surface area contributed by atoms with Crippen molar-refractivity contribution in [1.29, 1.82) is 0 Å². The number of ether oxygens (including phenoxy) is 1. The number of anilines is 1. The van der Waals surface area contributed by atoms with Gasteiger partial charge in [-0.3, -0.25) is 4.79 Å². The van der Waals surface area contributed by atoms with Gasteiger partial charge in [-0.2, -0.15) is 0 Å². The molecule has 2 fully saturated rings. The molecule has 1 heterocycles. The Morgan fingerprint density at radius 2 is 2.00 bits per heavy atom. The van der Waals surface area contributed by atoms with Crippen LogP contribution in [0, 0.1) is 5.41 Å². The minimum absolute atomic E-state index is 0.127. The van der Waals surface area contributed by atoms with Crippen molar-refractivity contribution in [3.8, 4) is 0 Å². The van der Waals surface area contributed by atoms with Crippen LogP contribution in [-0.4, -0.2) is 61.4 Å². The van der Waals surface area contributed by atoms with E-state index >= 15 is 0 Å². The lowest BCUT2D eigenvalue weighted by molar-refractivity contribution is -0.209. The Hall–Kier alpha value is -1.59. The fourth-order valence-electron chi connectivity index (χ4n) is 4.07. The van der Waals surface area contributed by atoms with E-state index in [9.17, 15) is 9.90 Å². The highest BCUT2D eigenvalue weighted by atomic mass is 16.5. The maximum atomic E-state index is 12.6. The molecule has 0 bridgehead atoms. The molecule has 1 amide bonds. The van der Waals surface area contributed by atoms with E-state index < -0.39 is 0 Å². The SMILES string of the molecule is CCOC1CC(O)C12CCN(C(=O)CN(C)c1ccccc1)CC2. The Kier molecular flexibility index (Phi) is 5.11. The highest BCUT2D eigenvalue weighted by Crippen LogP contribution is 2.50. The van der Waals surface area contributed by atoms with E-state index in [1.165, 1.54) is 0 Å². The third-order valence-corrected chi connectivity index (χ3v) is 5.73. The molecule has 1 saturated heterocycles. The molecule has 2 atom stereocenters. The van der Waals surface area contributed by atoms with Crippen molar-refractivity contribution < 1.29 is 14.6 Å². The van der Waals surface area contributed by atoms with E-state index in [2.05, 4.69) is 0 Å². The second kappa shape index (κ2) is 7.11. The van der Waals surface area contributed by atoms with E-state index in [1.807, 2.05) is 54.1 Å². The largest absolute Gasteiger partial charge is 0.392 e. The molecule has 0 aromatic heterocycles. The summed E-state index contributed by atoms with van der Waals surface area (Å²) in [6.07, 6.45) is 2.28. The van der Waals surface area contributed by atoms with Gasteiger partial charge in [0.2, 0.25) is 5.91 Å². The molecule has 1 aliphatic carbocycles. The number of hydrogen-bond donors (Lipinski definition) is 1. The van der Waals surface area contributed by atoms with Gasteiger partial charge in [-0.25, -0.2) is 0 Å². The molecule has 3 rings (SSSR count). The average Bonchev–Trinajstić information content (AvgIpc) is 2.62. The van der Waals surface area contributed by atoms with Crippen LogP contribution in [0.2, 0.25) is 0 Å². The van der Waals surface area contributed by atoms with Crippen LogP contribution in [0.5, 0.6) is 0 Å². The minimum atomic E-state index is -0.279. The zero-order valence-electron chi connectivity index (χ0n) is 14.6. The molecule has 1 aliphatic heterocycles. The normalized spacial score (nSPS) is 25.4. The number of piperidine rings is 1. The first kappa shape index (κ1) is 17.2. The molecule has 24 heavy (non-hydrogen) atoms. The van der Waals surface area contributed by atoms with Crippen LogP contribution in [0.15, 0.2) is 30.3 Å². The summed E-state index contributed by atoms with van der Waals surface area (Å²) in [6.45, 7) is 4.48. The molecule has 1 spiro atoms. The summed E-state index contributed by atoms with van der Waals surface area (Å²) in [6, 6.07) is 9.95. The highest BCUT2D eigenvalue weighted by molar-refractivity contribution is 5.81. The van der Waals surface area contributed by atoms with Crippen LogP contribution in [0.3, 0.4) is 0 Å². The predicted molar refractivity (Wildman–Crippen MR) is 94.0 cm³/mol. The Morgan fingerprint density at radius 3 is 2.58 bits per heavy atom. The molecule has 5 nitrogen and oxygen atoms in total. The maximum absolute atomic E-state index is 12.6. The molecule has 2 unspecified atom stereocenters. The number of rotatable bonds is 5. The van der Waals surface area contributed by atoms with Crippen LogP contribution in [-0.2, 0) is 9.53 Å². The van der Waals surface area contributed by atoms with Crippen molar-refractivity contribution in [1.82, 2.24) is 4.90 Å². The number of aliphatic hydroxyl groups excluding tert-OH is 1. The first-order valence-corrected chi connectivity index (χ1v) is 8.90. The van der Waals surface area contributed by atoms with Crippen LogP contribution in [0.4, 0.5) is 5.69 Å². The number of carbonyl (C=O) groups excluding carboxylic acids is 1. The summed E-state index contributed by atoms with van der Waals surface area (Å²) in [7, 11) is 1.94. The van der Waals surface area contributed by atoms with Crippen LogP contribution in [0.25, 0.3) is 0 Å². The summed E-state index contributed by atoms with van der Waals surface area (Å²) in [5, 5.41) is 10.2. The molecule has 1 saturated carbocycles. The van der Waals surface area contributed by atoms with Crippen molar-refractivity contribution in [2.24, 2.45) is 5.41 Å². The summed E-state index contributed by atoms with van der Waals surface area (Å²) < 4.78 is 5.79. The fraction of sp³-hybridized carbons (Fsp3) is 0.632. The summed E-state index contributed by atoms with van der Waals surface area (Å²) in [4.78, 5) is 16.5. The van der Waals surface area contributed by atoms with E-state index in [0.717, 1.165) is 24.9 Å². The lowest BCUT2D eigenvalue weighted by Gasteiger charge is -2.56. The van der Waals surface area contributed by atoms with Gasteiger partial charge in [-0.15, -0.1) is 0 Å². The van der Waals surface area contributed by atoms with Crippen molar-refractivity contribution in [3.05, 3.63) is 30.3 Å². The topological polar surface area (TPSA) is 53.0 Å². The summed E-state index contributed by atoms with van der Waals surface area (Å²) in [5.74, 6) is 0.151. The maximum Gasteiger partial charge on any atom is 0.242 e. The summed E-state index contributed by atoms with van der Waals surface area (Å²) in [5.41, 5.74) is 0.920. The van der Waals surface area contributed by atoms with Crippen molar-refractivity contribution in [2.75, 3.05) is 38.2 Å². The van der Waals surface area contributed by atoms with Gasteiger partial charge in [-0.1, -0.05) is 18.2 Å². The molecular weight excluding hydrogens is 304 g/mol. The molecule has 1 aromatic rings. The second-order valence-corrected chi connectivity index (χ2v) is 7.00. The monoisotopic (exact) mass is 332 g/mol. The van der Waals surface area contributed by atoms with Crippen LogP contribution in [0.1, 0.15) is 26.2 Å². The van der Waals surface area contributed by atoms with Crippen LogP contribution >= 0.6 is 0 Å². The molecule has 0 radical (unpaired) electrons. The van der Waals surface area contributed by atoms with Gasteiger partial charge >= 0.3 is 0 Å². The van der Waals surface area contributed by atoms with Crippen molar-refractivity contribution >= 4 is 11.6 Å². The van der Waals surface area contributed by atoms with Gasteiger partial charge < -0.3 is 19.6 Å². The zero-order chi connectivity index (χ0) is 17.2. The number of likely N-dealkylation sites (tertiary alicyclic amines) is 1. The quantitative estimate of drug-likeness (QED) is 0.895. The lowest BCUT2D eigenvalue weighted by Crippen LogP contribution is -2.63. The average molecular weight is 332 g/mol. The number of benzene rings is 1. The Bertz CT molecular complexity index is 553. The number of likely N-dealkylation sites (N-methyl/N-ethyl adjacent to an activating group) is 1.